The van der Waals surface area contributed by atoms with Gasteiger partial charge in [-0.05, 0) is 65.6 Å². The number of unbranched alkanes of at least 4 members (excludes halogenated alkanes) is 2. The Morgan fingerprint density at radius 3 is 1.79 bits per heavy atom. The summed E-state index contributed by atoms with van der Waals surface area (Å²) in [6.45, 7) is 2.23. The van der Waals surface area contributed by atoms with Crippen molar-refractivity contribution in [1.82, 2.24) is 0 Å². The van der Waals surface area contributed by atoms with E-state index in [1.165, 1.54) is 47.6 Å². The summed E-state index contributed by atoms with van der Waals surface area (Å²) < 4.78 is 13.7. The molecule has 0 aliphatic carbocycles. The summed E-state index contributed by atoms with van der Waals surface area (Å²) in [5, 5.41) is 8.81. The van der Waals surface area contributed by atoms with Crippen molar-refractivity contribution < 1.29 is 4.39 Å². The Morgan fingerprint density at radius 2 is 1.25 bits per heavy atom. The third-order valence-corrected chi connectivity index (χ3v) is 5.17. The highest BCUT2D eigenvalue weighted by Gasteiger charge is 2.04. The van der Waals surface area contributed by atoms with Crippen LogP contribution >= 0.6 is 0 Å². The van der Waals surface area contributed by atoms with Crippen molar-refractivity contribution >= 4 is 0 Å². The number of rotatable bonds is 8. The van der Waals surface area contributed by atoms with Crippen molar-refractivity contribution in [2.45, 2.75) is 45.4 Å². The Labute approximate surface area is 167 Å². The SMILES string of the molecule is CCCCCc1ccc(-c2ccc(CCc3ccc(C#N)c(F)c3)cc2)cc1. The number of hydrogen-bond donors (Lipinski definition) is 0. The third-order valence-electron chi connectivity index (χ3n) is 5.17. The lowest BCUT2D eigenvalue weighted by Crippen LogP contribution is -1.94. The van der Waals surface area contributed by atoms with Gasteiger partial charge in [0, 0.05) is 0 Å². The third kappa shape index (κ3) is 5.30. The second kappa shape index (κ2) is 9.85. The molecular weight excluding hydrogens is 345 g/mol. The van der Waals surface area contributed by atoms with Gasteiger partial charge < -0.3 is 0 Å². The maximum absolute atomic E-state index is 13.7. The fourth-order valence-electron chi connectivity index (χ4n) is 3.40. The Kier molecular flexibility index (Phi) is 6.98. The van der Waals surface area contributed by atoms with Gasteiger partial charge in [-0.1, -0.05) is 74.4 Å². The summed E-state index contributed by atoms with van der Waals surface area (Å²) in [6.07, 6.45) is 6.57. The maximum Gasteiger partial charge on any atom is 0.141 e. The van der Waals surface area contributed by atoms with Gasteiger partial charge in [-0.2, -0.15) is 5.26 Å². The first-order chi connectivity index (χ1) is 13.7. The molecule has 2 heteroatoms. The molecule has 0 N–H and O–H groups in total. The number of benzene rings is 3. The molecule has 0 aliphatic heterocycles. The molecule has 1 nitrogen and oxygen atoms in total. The van der Waals surface area contributed by atoms with Crippen molar-refractivity contribution in [3.63, 3.8) is 0 Å². The average molecular weight is 371 g/mol. The molecule has 3 aromatic carbocycles. The van der Waals surface area contributed by atoms with Crippen LogP contribution in [0, 0.1) is 17.1 Å². The zero-order valence-electron chi connectivity index (χ0n) is 16.4. The van der Waals surface area contributed by atoms with E-state index in [0.29, 0.717) is 0 Å². The lowest BCUT2D eigenvalue weighted by Gasteiger charge is -2.07. The van der Waals surface area contributed by atoms with E-state index in [1.807, 2.05) is 12.1 Å². The van der Waals surface area contributed by atoms with Gasteiger partial charge in [0.25, 0.3) is 0 Å². The molecule has 142 valence electrons. The number of hydrogen-bond acceptors (Lipinski definition) is 1. The largest absolute Gasteiger partial charge is 0.206 e. The van der Waals surface area contributed by atoms with E-state index in [4.69, 9.17) is 5.26 Å². The van der Waals surface area contributed by atoms with Crippen molar-refractivity contribution in [2.24, 2.45) is 0 Å². The maximum atomic E-state index is 13.7. The van der Waals surface area contributed by atoms with Crippen LogP contribution in [0.25, 0.3) is 11.1 Å². The Hall–Kier alpha value is -2.92. The van der Waals surface area contributed by atoms with Crippen LogP contribution in [0.1, 0.15) is 48.4 Å². The molecule has 0 aliphatic rings. The summed E-state index contributed by atoms with van der Waals surface area (Å²) in [6, 6.07) is 24.2. The highest BCUT2D eigenvalue weighted by atomic mass is 19.1. The first-order valence-electron chi connectivity index (χ1n) is 10.1. The van der Waals surface area contributed by atoms with E-state index in [9.17, 15) is 4.39 Å². The van der Waals surface area contributed by atoms with E-state index in [0.717, 1.165) is 24.8 Å². The van der Waals surface area contributed by atoms with Crippen LogP contribution in [-0.2, 0) is 19.3 Å². The van der Waals surface area contributed by atoms with Gasteiger partial charge in [-0.3, -0.25) is 0 Å². The molecule has 0 unspecified atom stereocenters. The molecule has 0 bridgehead atoms. The Bertz CT molecular complexity index is 934. The molecule has 3 aromatic rings. The second-order valence-electron chi connectivity index (χ2n) is 7.28. The minimum atomic E-state index is -0.437. The molecule has 0 saturated heterocycles. The fraction of sp³-hybridized carbons (Fsp3) is 0.269. The number of nitrogens with zero attached hydrogens (tertiary/aromatic N) is 1. The van der Waals surface area contributed by atoms with Gasteiger partial charge >= 0.3 is 0 Å². The highest BCUT2D eigenvalue weighted by molar-refractivity contribution is 5.64. The lowest BCUT2D eigenvalue weighted by atomic mass is 9.98. The van der Waals surface area contributed by atoms with E-state index >= 15 is 0 Å². The summed E-state index contributed by atoms with van der Waals surface area (Å²) in [4.78, 5) is 0. The highest BCUT2D eigenvalue weighted by Crippen LogP contribution is 2.22. The van der Waals surface area contributed by atoms with Crippen LogP contribution in [0.3, 0.4) is 0 Å². The van der Waals surface area contributed by atoms with Crippen LogP contribution in [0.2, 0.25) is 0 Å². The summed E-state index contributed by atoms with van der Waals surface area (Å²) >= 11 is 0. The molecule has 0 fully saturated rings. The van der Waals surface area contributed by atoms with E-state index in [1.54, 1.807) is 6.07 Å². The van der Waals surface area contributed by atoms with Crippen molar-refractivity contribution in [1.29, 1.82) is 5.26 Å². The molecule has 0 radical (unpaired) electrons. The zero-order valence-corrected chi connectivity index (χ0v) is 16.4. The van der Waals surface area contributed by atoms with Gasteiger partial charge in [-0.15, -0.1) is 0 Å². The van der Waals surface area contributed by atoms with Gasteiger partial charge in [0.05, 0.1) is 5.56 Å². The van der Waals surface area contributed by atoms with Crippen LogP contribution < -0.4 is 0 Å². The lowest BCUT2D eigenvalue weighted by molar-refractivity contribution is 0.621. The molecule has 28 heavy (non-hydrogen) atoms. The molecule has 3 rings (SSSR count). The number of nitriles is 1. The molecule has 0 heterocycles. The fourth-order valence-corrected chi connectivity index (χ4v) is 3.40. The van der Waals surface area contributed by atoms with Crippen molar-refractivity contribution in [2.75, 3.05) is 0 Å². The second-order valence-corrected chi connectivity index (χ2v) is 7.28. The normalized spacial score (nSPS) is 10.6. The molecule has 0 atom stereocenters. The molecule has 0 amide bonds. The van der Waals surface area contributed by atoms with Gasteiger partial charge in [0.1, 0.15) is 11.9 Å². The molecule has 0 spiro atoms. The topological polar surface area (TPSA) is 23.8 Å². The Balaban J connectivity index is 1.59. The average Bonchev–Trinajstić information content (AvgIpc) is 2.73. The Morgan fingerprint density at radius 1 is 0.714 bits per heavy atom. The van der Waals surface area contributed by atoms with Gasteiger partial charge in [0.2, 0.25) is 0 Å². The van der Waals surface area contributed by atoms with Crippen LogP contribution in [0.15, 0.2) is 66.7 Å². The summed E-state index contributed by atoms with van der Waals surface area (Å²) in [5.74, 6) is -0.437. The first-order valence-corrected chi connectivity index (χ1v) is 10.1. The zero-order chi connectivity index (χ0) is 19.8. The predicted octanol–water partition coefficient (Wildman–Crippen LogP) is 6.88. The van der Waals surface area contributed by atoms with E-state index in [-0.39, 0.29) is 5.56 Å². The smallest absolute Gasteiger partial charge is 0.141 e. The van der Waals surface area contributed by atoms with E-state index in [2.05, 4.69) is 55.5 Å². The first kappa shape index (κ1) is 19.8. The van der Waals surface area contributed by atoms with E-state index < -0.39 is 5.82 Å². The molecule has 0 saturated carbocycles. The van der Waals surface area contributed by atoms with Crippen molar-refractivity contribution in [3.8, 4) is 17.2 Å². The quantitative estimate of drug-likeness (QED) is 0.396. The number of aryl methyl sites for hydroxylation is 3. The standard InChI is InChI=1S/C26H26FN/c1-2-3-4-5-20-8-13-23(14-9-20)24-15-10-21(11-16-24)6-7-22-12-17-25(19-28)26(27)18-22/h8-18H,2-7H2,1H3. The van der Waals surface area contributed by atoms with Crippen LogP contribution in [0.5, 0.6) is 0 Å². The molecule has 0 aromatic heterocycles. The van der Waals surface area contributed by atoms with Crippen LogP contribution in [-0.4, -0.2) is 0 Å². The minimum Gasteiger partial charge on any atom is -0.206 e. The summed E-state index contributed by atoms with van der Waals surface area (Å²) in [5.41, 5.74) is 6.10. The minimum absolute atomic E-state index is 0.101. The van der Waals surface area contributed by atoms with Crippen molar-refractivity contribution in [3.05, 3.63) is 94.8 Å². The summed E-state index contributed by atoms with van der Waals surface area (Å²) in [7, 11) is 0. The predicted molar refractivity (Wildman–Crippen MR) is 114 cm³/mol. The van der Waals surface area contributed by atoms with Gasteiger partial charge in [-0.25, -0.2) is 4.39 Å². The van der Waals surface area contributed by atoms with Gasteiger partial charge in [0.15, 0.2) is 0 Å². The molecular formula is C26H26FN. The monoisotopic (exact) mass is 371 g/mol. The van der Waals surface area contributed by atoms with Crippen LogP contribution in [0.4, 0.5) is 4.39 Å². The number of halogens is 1.